The maximum atomic E-state index is 13.1. The molecule has 3 heterocycles. The lowest BCUT2D eigenvalue weighted by atomic mass is 9.92. The molecule has 2 aliphatic heterocycles. The molecule has 34 heavy (non-hydrogen) atoms. The summed E-state index contributed by atoms with van der Waals surface area (Å²) in [6.45, 7) is 8.55. The summed E-state index contributed by atoms with van der Waals surface area (Å²) in [6, 6.07) is 7.88. The Morgan fingerprint density at radius 1 is 1.15 bits per heavy atom. The molecule has 2 saturated heterocycles. The molecule has 1 atom stereocenters. The number of aromatic nitrogens is 2. The van der Waals surface area contributed by atoms with Crippen LogP contribution in [-0.4, -0.2) is 59.8 Å². The fourth-order valence-corrected chi connectivity index (χ4v) is 6.21. The molecule has 2 aromatic rings. The third-order valence-corrected chi connectivity index (χ3v) is 8.29. The van der Waals surface area contributed by atoms with Gasteiger partial charge < -0.3 is 5.32 Å². The smallest absolute Gasteiger partial charge is 0.320 e. The Morgan fingerprint density at radius 2 is 1.82 bits per heavy atom. The van der Waals surface area contributed by atoms with Crippen LogP contribution in [0.5, 0.6) is 0 Å². The third-order valence-electron chi connectivity index (χ3n) is 6.54. The molecule has 0 aliphatic carbocycles. The largest absolute Gasteiger partial charge is 0.335 e. The van der Waals surface area contributed by atoms with Crippen LogP contribution < -0.4 is 10.6 Å². The van der Waals surface area contributed by atoms with Gasteiger partial charge in [-0.3, -0.25) is 10.2 Å². The molecule has 0 radical (unpaired) electrons. The van der Waals surface area contributed by atoms with Crippen LogP contribution in [0.1, 0.15) is 57.3 Å². The second-order valence-electron chi connectivity index (χ2n) is 10.4. The molecule has 0 saturated carbocycles. The number of likely N-dealkylation sites (tertiary alicyclic amines) is 1. The van der Waals surface area contributed by atoms with Crippen LogP contribution in [0, 0.1) is 5.82 Å². The molecule has 4 rings (SSSR count). The van der Waals surface area contributed by atoms with Gasteiger partial charge in [0.25, 0.3) is 0 Å². The minimum absolute atomic E-state index is 0.0427. The summed E-state index contributed by atoms with van der Waals surface area (Å²) in [5.74, 6) is 0.479. The number of anilines is 1. The van der Waals surface area contributed by atoms with Gasteiger partial charge in [0.15, 0.2) is 9.84 Å². The molecule has 1 aromatic heterocycles. The number of hydrogen-bond acceptors (Lipinski definition) is 5. The predicted octanol–water partition coefficient (Wildman–Crippen LogP) is 3.47. The molecule has 2 fully saturated rings. The van der Waals surface area contributed by atoms with Gasteiger partial charge in [-0.05, 0) is 37.0 Å². The summed E-state index contributed by atoms with van der Waals surface area (Å²) in [6.07, 6.45) is 2.14. The van der Waals surface area contributed by atoms with E-state index in [0.29, 0.717) is 12.2 Å². The number of rotatable bonds is 5. The van der Waals surface area contributed by atoms with Crippen LogP contribution in [0.2, 0.25) is 0 Å². The van der Waals surface area contributed by atoms with E-state index in [4.69, 9.17) is 0 Å². The standard InChI is InChI=1S/C24H34FN5O3S/c1-24(2,3)21-14-22(30(28-21)20-10-13-34(32,33)16-20)27-23(31)26-19-8-11-29(12-9-19)15-17-4-6-18(25)7-5-17/h4-7,14,19-20H,8-13,15-16H2,1-3H3,(H2,26,27,31)/t20-/m1/s1. The summed E-state index contributed by atoms with van der Waals surface area (Å²) < 4.78 is 38.8. The first kappa shape index (κ1) is 24.7. The van der Waals surface area contributed by atoms with Crippen molar-refractivity contribution in [1.82, 2.24) is 20.0 Å². The van der Waals surface area contributed by atoms with Crippen molar-refractivity contribution in [3.63, 3.8) is 0 Å². The highest BCUT2D eigenvalue weighted by Gasteiger charge is 2.33. The highest BCUT2D eigenvalue weighted by atomic mass is 32.2. The molecular weight excluding hydrogens is 457 g/mol. The van der Waals surface area contributed by atoms with Crippen molar-refractivity contribution in [3.8, 4) is 0 Å². The Bertz CT molecular complexity index is 1120. The van der Waals surface area contributed by atoms with Crippen LogP contribution in [0.4, 0.5) is 15.0 Å². The topological polar surface area (TPSA) is 96.3 Å². The Morgan fingerprint density at radius 3 is 2.41 bits per heavy atom. The summed E-state index contributed by atoms with van der Waals surface area (Å²) in [4.78, 5) is 15.1. The lowest BCUT2D eigenvalue weighted by Crippen LogP contribution is -2.45. The second-order valence-corrected chi connectivity index (χ2v) is 12.7. The molecule has 2 N–H and O–H groups in total. The minimum atomic E-state index is -3.08. The van der Waals surface area contributed by atoms with E-state index in [0.717, 1.165) is 43.7 Å². The van der Waals surface area contributed by atoms with Gasteiger partial charge in [-0.25, -0.2) is 22.3 Å². The fraction of sp³-hybridized carbons (Fsp3) is 0.583. The van der Waals surface area contributed by atoms with Crippen LogP contribution >= 0.6 is 0 Å². The fourth-order valence-electron chi connectivity index (χ4n) is 4.52. The van der Waals surface area contributed by atoms with Crippen LogP contribution in [0.25, 0.3) is 0 Å². The number of nitrogens with one attached hydrogen (secondary N) is 2. The van der Waals surface area contributed by atoms with E-state index in [9.17, 15) is 17.6 Å². The first-order valence-corrected chi connectivity index (χ1v) is 13.7. The van der Waals surface area contributed by atoms with Crippen LogP contribution in [0.3, 0.4) is 0 Å². The quantitative estimate of drug-likeness (QED) is 0.668. The number of hydrogen-bond donors (Lipinski definition) is 2. The SMILES string of the molecule is CC(C)(C)c1cc(NC(=O)NC2CCN(Cc3ccc(F)cc3)CC2)n([C@@H]2CCS(=O)(=O)C2)n1. The van der Waals surface area contributed by atoms with E-state index in [-0.39, 0.29) is 40.9 Å². The zero-order valence-corrected chi connectivity index (χ0v) is 20.9. The van der Waals surface area contributed by atoms with Crippen molar-refractivity contribution in [2.75, 3.05) is 29.9 Å². The Kier molecular flexibility index (Phi) is 7.00. The molecule has 186 valence electrons. The van der Waals surface area contributed by atoms with Gasteiger partial charge in [0, 0.05) is 37.2 Å². The van der Waals surface area contributed by atoms with E-state index in [1.54, 1.807) is 16.8 Å². The second kappa shape index (κ2) is 9.65. The van der Waals surface area contributed by atoms with Gasteiger partial charge in [0.1, 0.15) is 11.6 Å². The average Bonchev–Trinajstić information content (AvgIpc) is 3.34. The monoisotopic (exact) mass is 491 g/mol. The number of halogens is 1. The number of sulfone groups is 1. The van der Waals surface area contributed by atoms with Gasteiger partial charge in [0.05, 0.1) is 23.2 Å². The highest BCUT2D eigenvalue weighted by Crippen LogP contribution is 2.31. The Balaban J connectivity index is 1.35. The Hall–Kier alpha value is -2.46. The van der Waals surface area contributed by atoms with Crippen molar-refractivity contribution in [2.45, 2.75) is 64.1 Å². The normalized spacial score (nSPS) is 21.5. The zero-order valence-electron chi connectivity index (χ0n) is 20.1. The van der Waals surface area contributed by atoms with Crippen LogP contribution in [-0.2, 0) is 21.8 Å². The number of urea groups is 1. The summed E-state index contributed by atoms with van der Waals surface area (Å²) in [7, 11) is -3.08. The van der Waals surface area contributed by atoms with Crippen molar-refractivity contribution in [1.29, 1.82) is 0 Å². The minimum Gasteiger partial charge on any atom is -0.335 e. The van der Waals surface area contributed by atoms with Crippen molar-refractivity contribution < 1.29 is 17.6 Å². The van der Waals surface area contributed by atoms with Crippen molar-refractivity contribution in [3.05, 3.63) is 47.4 Å². The number of carbonyl (C=O) groups is 1. The number of amides is 2. The first-order chi connectivity index (χ1) is 16.0. The predicted molar refractivity (Wildman–Crippen MR) is 130 cm³/mol. The van der Waals surface area contributed by atoms with E-state index >= 15 is 0 Å². The van der Waals surface area contributed by atoms with Crippen LogP contribution in [0.15, 0.2) is 30.3 Å². The molecule has 8 nitrogen and oxygen atoms in total. The highest BCUT2D eigenvalue weighted by molar-refractivity contribution is 7.91. The lowest BCUT2D eigenvalue weighted by Gasteiger charge is -2.32. The van der Waals surface area contributed by atoms with Crippen molar-refractivity contribution >= 4 is 21.7 Å². The van der Waals surface area contributed by atoms with Gasteiger partial charge >= 0.3 is 6.03 Å². The molecule has 10 heteroatoms. The molecule has 0 spiro atoms. The number of benzene rings is 1. The van der Waals surface area contributed by atoms with Gasteiger partial charge in [-0.2, -0.15) is 5.10 Å². The molecule has 2 amide bonds. The van der Waals surface area contributed by atoms with Crippen molar-refractivity contribution in [2.24, 2.45) is 0 Å². The summed E-state index contributed by atoms with van der Waals surface area (Å²) in [5.41, 5.74) is 1.65. The maximum Gasteiger partial charge on any atom is 0.320 e. The van der Waals surface area contributed by atoms with Gasteiger partial charge in [-0.15, -0.1) is 0 Å². The molecule has 0 bridgehead atoms. The summed E-state index contributed by atoms with van der Waals surface area (Å²) in [5, 5.41) is 10.6. The third kappa shape index (κ3) is 6.15. The number of nitrogens with zero attached hydrogens (tertiary/aromatic N) is 3. The molecule has 0 unspecified atom stereocenters. The zero-order chi connectivity index (χ0) is 24.5. The number of carbonyl (C=O) groups excluding carboxylic acids is 1. The van der Waals surface area contributed by atoms with E-state index in [1.165, 1.54) is 12.1 Å². The Labute approximate surface area is 200 Å². The van der Waals surface area contributed by atoms with E-state index in [1.807, 2.05) is 26.8 Å². The molecule has 2 aliphatic rings. The maximum absolute atomic E-state index is 13.1. The van der Waals surface area contributed by atoms with E-state index in [2.05, 4.69) is 20.6 Å². The lowest BCUT2D eigenvalue weighted by molar-refractivity contribution is 0.189. The van der Waals surface area contributed by atoms with Gasteiger partial charge in [0.2, 0.25) is 0 Å². The van der Waals surface area contributed by atoms with E-state index < -0.39 is 9.84 Å². The summed E-state index contributed by atoms with van der Waals surface area (Å²) >= 11 is 0. The van der Waals surface area contributed by atoms with Gasteiger partial charge in [-0.1, -0.05) is 32.9 Å². The molecule has 1 aromatic carbocycles. The first-order valence-electron chi connectivity index (χ1n) is 11.8. The average molecular weight is 492 g/mol. The molecular formula is C24H34FN5O3S. The number of piperidine rings is 1.